The minimum Gasteiger partial charge on any atom is -0.373 e. The smallest absolute Gasteiger partial charge is 0.162 e. The zero-order chi connectivity index (χ0) is 14.2. The van der Waals surface area contributed by atoms with E-state index in [1.807, 2.05) is 49.3 Å². The van der Waals surface area contributed by atoms with Crippen LogP contribution in [0.25, 0.3) is 22.3 Å². The molecule has 0 unspecified atom stereocenters. The molecular weight excluding hydrogens is 280 g/mol. The molecule has 4 nitrogen and oxygen atoms in total. The lowest BCUT2D eigenvalue weighted by atomic mass is 10.1. The Morgan fingerprint density at radius 2 is 2.00 bits per heavy atom. The Balaban J connectivity index is 1.97. The number of fused-ring (bicyclic) bond motifs is 2. The number of nitrogens with zero attached hydrogens (tertiary/aromatic N) is 3. The molecule has 0 radical (unpaired) electrons. The highest BCUT2D eigenvalue weighted by molar-refractivity contribution is 7.98. The molecule has 0 saturated carbocycles. The van der Waals surface area contributed by atoms with Crippen LogP contribution in [0.4, 0.5) is 5.82 Å². The van der Waals surface area contributed by atoms with Crippen LogP contribution in [-0.4, -0.2) is 22.0 Å². The third-order valence-corrected chi connectivity index (χ3v) is 4.68. The predicted molar refractivity (Wildman–Crippen MR) is 87.3 cm³/mol. The van der Waals surface area contributed by atoms with Crippen molar-refractivity contribution >= 4 is 28.5 Å². The molecule has 1 N–H and O–H groups in total. The van der Waals surface area contributed by atoms with Gasteiger partial charge in [0.05, 0.1) is 11.2 Å². The number of nitrogens with one attached hydrogen (secondary N) is 1. The number of anilines is 1. The summed E-state index contributed by atoms with van der Waals surface area (Å²) in [6, 6.07) is 10.1. The molecule has 0 spiro atoms. The van der Waals surface area contributed by atoms with Crippen LogP contribution in [0.1, 0.15) is 11.3 Å². The normalized spacial score (nSPS) is 13.4. The Kier molecular flexibility index (Phi) is 3.00. The summed E-state index contributed by atoms with van der Waals surface area (Å²) in [4.78, 5) is 13.9. The van der Waals surface area contributed by atoms with Gasteiger partial charge in [-0.25, -0.2) is 9.97 Å². The number of rotatable bonds is 2. The van der Waals surface area contributed by atoms with E-state index in [0.29, 0.717) is 0 Å². The second-order valence-corrected chi connectivity index (χ2v) is 5.93. The molecule has 1 aromatic carbocycles. The molecule has 3 heterocycles. The van der Waals surface area contributed by atoms with Crippen LogP contribution in [0.3, 0.4) is 0 Å². The lowest BCUT2D eigenvalue weighted by Crippen LogP contribution is -2.03. The van der Waals surface area contributed by atoms with Crippen LogP contribution in [0.2, 0.25) is 0 Å². The number of aromatic nitrogens is 3. The van der Waals surface area contributed by atoms with Crippen LogP contribution in [-0.2, 0) is 11.5 Å². The maximum Gasteiger partial charge on any atom is 0.162 e. The highest BCUT2D eigenvalue weighted by Gasteiger charge is 2.20. The average molecular weight is 294 g/mol. The maximum atomic E-state index is 4.78. The van der Waals surface area contributed by atoms with Crippen LogP contribution >= 0.6 is 11.8 Å². The molecule has 0 fully saturated rings. The third kappa shape index (κ3) is 2.05. The van der Waals surface area contributed by atoms with Crippen molar-refractivity contribution in [3.63, 3.8) is 0 Å². The summed E-state index contributed by atoms with van der Waals surface area (Å²) in [7, 11) is 1.92. The molecule has 0 saturated heterocycles. The van der Waals surface area contributed by atoms with Crippen LogP contribution in [0, 0.1) is 0 Å². The van der Waals surface area contributed by atoms with E-state index in [2.05, 4.69) is 16.4 Å². The first kappa shape index (κ1) is 12.6. The Morgan fingerprint density at radius 3 is 2.90 bits per heavy atom. The Bertz CT molecular complexity index is 826. The first-order valence-electron chi connectivity index (χ1n) is 6.86. The van der Waals surface area contributed by atoms with E-state index >= 15 is 0 Å². The highest BCUT2D eigenvalue weighted by Crippen LogP contribution is 2.35. The first-order valence-corrected chi connectivity index (χ1v) is 8.01. The molecule has 0 atom stereocenters. The number of pyridine rings is 1. The lowest BCUT2D eigenvalue weighted by molar-refractivity contribution is 1.07. The Labute approximate surface area is 127 Å². The SMILES string of the molecule is CNc1nc(-c2ccnc3ccccc23)nc2c1CSC2. The summed E-state index contributed by atoms with van der Waals surface area (Å²) < 4.78 is 0. The van der Waals surface area contributed by atoms with Crippen molar-refractivity contribution in [2.24, 2.45) is 0 Å². The fourth-order valence-electron chi connectivity index (χ4n) is 2.67. The van der Waals surface area contributed by atoms with Crippen molar-refractivity contribution in [2.45, 2.75) is 11.5 Å². The maximum absolute atomic E-state index is 4.78. The number of hydrogen-bond donors (Lipinski definition) is 1. The van der Waals surface area contributed by atoms with Crippen LogP contribution in [0.15, 0.2) is 36.5 Å². The van der Waals surface area contributed by atoms with E-state index in [0.717, 1.165) is 45.3 Å². The van der Waals surface area contributed by atoms with Gasteiger partial charge in [-0.15, -0.1) is 0 Å². The molecule has 1 aliphatic rings. The Hall–Kier alpha value is -2.14. The first-order chi connectivity index (χ1) is 10.4. The summed E-state index contributed by atoms with van der Waals surface area (Å²) in [5.74, 6) is 3.67. The van der Waals surface area contributed by atoms with E-state index in [1.165, 1.54) is 5.56 Å². The topological polar surface area (TPSA) is 50.7 Å². The summed E-state index contributed by atoms with van der Waals surface area (Å²) in [5, 5.41) is 4.30. The van der Waals surface area contributed by atoms with Gasteiger partial charge in [-0.2, -0.15) is 11.8 Å². The molecule has 0 bridgehead atoms. The number of hydrogen-bond acceptors (Lipinski definition) is 5. The van der Waals surface area contributed by atoms with Crippen molar-refractivity contribution in [1.82, 2.24) is 15.0 Å². The predicted octanol–water partition coefficient (Wildman–Crippen LogP) is 3.48. The van der Waals surface area contributed by atoms with Crippen LogP contribution in [0.5, 0.6) is 0 Å². The van der Waals surface area contributed by atoms with Gasteiger partial charge in [0.1, 0.15) is 5.82 Å². The zero-order valence-corrected chi connectivity index (χ0v) is 12.4. The van der Waals surface area contributed by atoms with E-state index in [1.54, 1.807) is 0 Å². The average Bonchev–Trinajstić information content (AvgIpc) is 3.02. The summed E-state index contributed by atoms with van der Waals surface area (Å²) in [5.41, 5.74) is 4.40. The van der Waals surface area contributed by atoms with Gasteiger partial charge in [0.25, 0.3) is 0 Å². The quantitative estimate of drug-likeness (QED) is 0.784. The monoisotopic (exact) mass is 294 g/mol. The van der Waals surface area contributed by atoms with Gasteiger partial charge in [0.2, 0.25) is 0 Å². The van der Waals surface area contributed by atoms with E-state index in [9.17, 15) is 0 Å². The second kappa shape index (κ2) is 5.00. The molecule has 21 heavy (non-hydrogen) atoms. The largest absolute Gasteiger partial charge is 0.373 e. The van der Waals surface area contributed by atoms with E-state index in [-0.39, 0.29) is 0 Å². The molecule has 4 rings (SSSR count). The van der Waals surface area contributed by atoms with Gasteiger partial charge in [0.15, 0.2) is 5.82 Å². The number of para-hydroxylation sites is 1. The minimum atomic E-state index is 0.777. The molecule has 0 amide bonds. The molecule has 2 aromatic heterocycles. The third-order valence-electron chi connectivity index (χ3n) is 3.70. The summed E-state index contributed by atoms with van der Waals surface area (Å²) in [6.07, 6.45) is 1.82. The fourth-order valence-corrected chi connectivity index (χ4v) is 3.71. The number of benzene rings is 1. The summed E-state index contributed by atoms with van der Waals surface area (Å²) in [6.45, 7) is 0. The lowest BCUT2D eigenvalue weighted by Gasteiger charge is -2.10. The highest BCUT2D eigenvalue weighted by atomic mass is 32.2. The van der Waals surface area contributed by atoms with E-state index in [4.69, 9.17) is 9.97 Å². The van der Waals surface area contributed by atoms with Gasteiger partial charge in [0, 0.05) is 41.3 Å². The van der Waals surface area contributed by atoms with Gasteiger partial charge in [-0.3, -0.25) is 4.98 Å². The molecule has 1 aliphatic heterocycles. The molecular formula is C16H14N4S. The van der Waals surface area contributed by atoms with Crippen molar-refractivity contribution in [1.29, 1.82) is 0 Å². The van der Waals surface area contributed by atoms with Crippen LogP contribution < -0.4 is 5.32 Å². The van der Waals surface area contributed by atoms with Crippen molar-refractivity contribution in [3.8, 4) is 11.4 Å². The summed E-state index contributed by atoms with van der Waals surface area (Å²) >= 11 is 1.89. The second-order valence-electron chi connectivity index (χ2n) is 4.94. The molecule has 104 valence electrons. The Morgan fingerprint density at radius 1 is 1.10 bits per heavy atom. The van der Waals surface area contributed by atoms with Crippen molar-refractivity contribution in [3.05, 3.63) is 47.8 Å². The molecule has 5 heteroatoms. The fraction of sp³-hybridized carbons (Fsp3) is 0.188. The molecule has 0 aliphatic carbocycles. The standard InChI is InChI=1S/C16H14N4S/c1-17-15-12-8-21-9-14(12)19-16(20-15)11-6-7-18-13-5-3-2-4-10(11)13/h2-7H,8-9H2,1H3,(H,17,19,20). The van der Waals surface area contributed by atoms with Crippen molar-refractivity contribution in [2.75, 3.05) is 12.4 Å². The zero-order valence-electron chi connectivity index (χ0n) is 11.6. The van der Waals surface area contributed by atoms with Gasteiger partial charge >= 0.3 is 0 Å². The van der Waals surface area contributed by atoms with Gasteiger partial charge < -0.3 is 5.32 Å². The molecule has 3 aromatic rings. The van der Waals surface area contributed by atoms with E-state index < -0.39 is 0 Å². The number of thioether (sulfide) groups is 1. The van der Waals surface area contributed by atoms with Crippen molar-refractivity contribution < 1.29 is 0 Å². The van der Waals surface area contributed by atoms with Gasteiger partial charge in [-0.1, -0.05) is 18.2 Å². The van der Waals surface area contributed by atoms with Gasteiger partial charge in [-0.05, 0) is 12.1 Å². The minimum absolute atomic E-state index is 0.777.